The predicted molar refractivity (Wildman–Crippen MR) is 116 cm³/mol. The van der Waals surface area contributed by atoms with Crippen molar-refractivity contribution in [2.75, 3.05) is 12.4 Å². The van der Waals surface area contributed by atoms with Gasteiger partial charge in [0, 0.05) is 36.8 Å². The second kappa shape index (κ2) is 8.30. The molecule has 6 heteroatoms. The smallest absolute Gasteiger partial charge is 0.253 e. The fraction of sp³-hybridized carbons (Fsp3) is 0.375. The van der Waals surface area contributed by atoms with Gasteiger partial charge in [-0.15, -0.1) is 0 Å². The van der Waals surface area contributed by atoms with Crippen LogP contribution in [0.3, 0.4) is 0 Å². The first-order valence-corrected chi connectivity index (χ1v) is 10.5. The summed E-state index contributed by atoms with van der Waals surface area (Å²) in [5, 5.41) is 5.91. The van der Waals surface area contributed by atoms with E-state index in [9.17, 15) is 14.4 Å². The molecular weight excluding hydrogens is 378 g/mol. The van der Waals surface area contributed by atoms with Crippen LogP contribution in [0, 0.1) is 0 Å². The summed E-state index contributed by atoms with van der Waals surface area (Å²) >= 11 is 0. The summed E-state index contributed by atoms with van der Waals surface area (Å²) in [6.07, 6.45) is 3.52. The number of amides is 3. The van der Waals surface area contributed by atoms with E-state index in [0.717, 1.165) is 41.6 Å². The van der Waals surface area contributed by atoms with Gasteiger partial charge in [-0.05, 0) is 54.2 Å². The average molecular weight is 405 g/mol. The number of nitrogens with zero attached hydrogens (tertiary/aromatic N) is 1. The summed E-state index contributed by atoms with van der Waals surface area (Å²) in [5.41, 5.74) is 4.54. The maximum atomic E-state index is 12.9. The molecule has 6 nitrogen and oxygen atoms in total. The number of carbonyl (C=O) groups is 3. The first kappa shape index (κ1) is 20.1. The molecule has 1 saturated carbocycles. The van der Waals surface area contributed by atoms with Crippen LogP contribution >= 0.6 is 0 Å². The number of anilines is 1. The maximum absolute atomic E-state index is 12.9. The fourth-order valence-corrected chi connectivity index (χ4v) is 4.34. The van der Waals surface area contributed by atoms with Crippen LogP contribution < -0.4 is 10.6 Å². The van der Waals surface area contributed by atoms with Gasteiger partial charge in [-0.2, -0.15) is 0 Å². The Morgan fingerprint density at radius 3 is 2.57 bits per heavy atom. The van der Waals surface area contributed by atoms with Gasteiger partial charge in [0.05, 0.1) is 6.42 Å². The van der Waals surface area contributed by atoms with Gasteiger partial charge >= 0.3 is 0 Å². The molecule has 0 spiro atoms. The Bertz CT molecular complexity index is 984. The fourth-order valence-electron chi connectivity index (χ4n) is 4.34. The summed E-state index contributed by atoms with van der Waals surface area (Å²) < 4.78 is 0. The van der Waals surface area contributed by atoms with Crippen LogP contribution in [0.2, 0.25) is 0 Å². The van der Waals surface area contributed by atoms with Crippen LogP contribution in [-0.2, 0) is 16.0 Å². The average Bonchev–Trinajstić information content (AvgIpc) is 3.37. The third-order valence-electron chi connectivity index (χ3n) is 6.16. The van der Waals surface area contributed by atoms with Gasteiger partial charge < -0.3 is 15.5 Å². The zero-order valence-electron chi connectivity index (χ0n) is 17.4. The van der Waals surface area contributed by atoms with Crippen LogP contribution in [0.5, 0.6) is 0 Å². The molecule has 30 heavy (non-hydrogen) atoms. The van der Waals surface area contributed by atoms with Crippen molar-refractivity contribution in [1.29, 1.82) is 0 Å². The Morgan fingerprint density at radius 1 is 1.10 bits per heavy atom. The molecule has 2 aromatic rings. The Kier molecular flexibility index (Phi) is 5.57. The molecular formula is C24H27N3O3. The van der Waals surface area contributed by atoms with Crippen molar-refractivity contribution in [2.24, 2.45) is 0 Å². The number of carbonyl (C=O) groups excluding carboxylic acids is 3. The molecule has 4 rings (SSSR count). The summed E-state index contributed by atoms with van der Waals surface area (Å²) in [7, 11) is 1.84. The highest BCUT2D eigenvalue weighted by atomic mass is 16.2. The van der Waals surface area contributed by atoms with Crippen molar-refractivity contribution in [2.45, 2.75) is 51.1 Å². The van der Waals surface area contributed by atoms with Gasteiger partial charge in [-0.25, -0.2) is 0 Å². The lowest BCUT2D eigenvalue weighted by atomic mass is 10.0. The number of rotatable bonds is 5. The van der Waals surface area contributed by atoms with E-state index in [0.29, 0.717) is 18.4 Å². The Balaban J connectivity index is 1.41. The summed E-state index contributed by atoms with van der Waals surface area (Å²) in [6.45, 7) is 1.85. The molecule has 2 N–H and O–H groups in total. The molecule has 1 heterocycles. The van der Waals surface area contributed by atoms with Gasteiger partial charge in [0.1, 0.15) is 0 Å². The lowest BCUT2D eigenvalue weighted by Crippen LogP contribution is -2.38. The van der Waals surface area contributed by atoms with E-state index in [1.165, 1.54) is 0 Å². The molecule has 0 saturated heterocycles. The molecule has 0 bridgehead atoms. The summed E-state index contributed by atoms with van der Waals surface area (Å²) in [6, 6.07) is 13.8. The molecule has 0 radical (unpaired) electrons. The van der Waals surface area contributed by atoms with Crippen molar-refractivity contribution in [3.63, 3.8) is 0 Å². The number of benzene rings is 2. The standard InChI is InChI=1S/C24H27N3O3/c1-3-22(28)25-19-10-11-20(14-19)27(2)24(30)16-6-4-15(5-7-16)17-8-9-18-13-23(29)26-21(18)12-17/h4-9,12,19-20H,3,10-11,13-14H2,1-2H3,(H,25,28)(H,26,29)/t19?,20-/m1/s1. The second-order valence-electron chi connectivity index (χ2n) is 8.18. The lowest BCUT2D eigenvalue weighted by Gasteiger charge is -2.25. The van der Waals surface area contributed by atoms with E-state index >= 15 is 0 Å². The SMILES string of the molecule is CCC(=O)NC1CC[C@@H](N(C)C(=O)c2ccc(-c3ccc4c(c3)NC(=O)C4)cc2)C1. The first-order chi connectivity index (χ1) is 14.4. The lowest BCUT2D eigenvalue weighted by molar-refractivity contribution is -0.121. The highest BCUT2D eigenvalue weighted by Crippen LogP contribution is 2.30. The van der Waals surface area contributed by atoms with Crippen molar-refractivity contribution in [3.8, 4) is 11.1 Å². The Labute approximate surface area is 176 Å². The van der Waals surface area contributed by atoms with Crippen LogP contribution in [0.25, 0.3) is 11.1 Å². The quantitative estimate of drug-likeness (QED) is 0.801. The molecule has 0 aromatic heterocycles. The van der Waals surface area contributed by atoms with Crippen molar-refractivity contribution >= 4 is 23.4 Å². The van der Waals surface area contributed by atoms with E-state index in [1.807, 2.05) is 56.4 Å². The molecule has 1 fully saturated rings. The maximum Gasteiger partial charge on any atom is 0.253 e. The monoisotopic (exact) mass is 405 g/mol. The zero-order chi connectivity index (χ0) is 21.3. The van der Waals surface area contributed by atoms with E-state index in [-0.39, 0.29) is 29.8 Å². The van der Waals surface area contributed by atoms with Crippen LogP contribution in [0.4, 0.5) is 5.69 Å². The normalized spacial score (nSPS) is 19.9. The molecule has 1 aliphatic heterocycles. The first-order valence-electron chi connectivity index (χ1n) is 10.5. The van der Waals surface area contributed by atoms with Crippen LogP contribution in [-0.4, -0.2) is 41.8 Å². The van der Waals surface area contributed by atoms with Crippen LogP contribution in [0.15, 0.2) is 42.5 Å². The highest BCUT2D eigenvalue weighted by molar-refractivity contribution is 6.00. The number of fused-ring (bicyclic) bond motifs is 1. The molecule has 2 atom stereocenters. The highest BCUT2D eigenvalue weighted by Gasteiger charge is 2.30. The van der Waals surface area contributed by atoms with Gasteiger partial charge in [0.15, 0.2) is 0 Å². The number of nitrogens with one attached hydrogen (secondary N) is 2. The third kappa shape index (κ3) is 4.08. The minimum Gasteiger partial charge on any atom is -0.353 e. The number of hydrogen-bond acceptors (Lipinski definition) is 3. The topological polar surface area (TPSA) is 78.5 Å². The van der Waals surface area contributed by atoms with Crippen molar-refractivity contribution in [3.05, 3.63) is 53.6 Å². The van der Waals surface area contributed by atoms with Gasteiger partial charge in [0.2, 0.25) is 11.8 Å². The van der Waals surface area contributed by atoms with Crippen molar-refractivity contribution in [1.82, 2.24) is 10.2 Å². The third-order valence-corrected chi connectivity index (χ3v) is 6.16. The van der Waals surface area contributed by atoms with E-state index in [1.54, 1.807) is 4.90 Å². The van der Waals surface area contributed by atoms with Gasteiger partial charge in [-0.3, -0.25) is 14.4 Å². The minimum atomic E-state index is -0.00441. The van der Waals surface area contributed by atoms with E-state index < -0.39 is 0 Å². The minimum absolute atomic E-state index is 0.00441. The van der Waals surface area contributed by atoms with Gasteiger partial charge in [0.25, 0.3) is 5.91 Å². The molecule has 2 aromatic carbocycles. The summed E-state index contributed by atoms with van der Waals surface area (Å²) in [4.78, 5) is 37.9. The van der Waals surface area contributed by atoms with E-state index in [4.69, 9.17) is 0 Å². The van der Waals surface area contributed by atoms with Gasteiger partial charge in [-0.1, -0.05) is 31.2 Å². The molecule has 1 aliphatic carbocycles. The largest absolute Gasteiger partial charge is 0.353 e. The number of hydrogen-bond donors (Lipinski definition) is 2. The Hall–Kier alpha value is -3.15. The van der Waals surface area contributed by atoms with E-state index in [2.05, 4.69) is 10.6 Å². The predicted octanol–water partition coefficient (Wildman–Crippen LogP) is 3.37. The zero-order valence-corrected chi connectivity index (χ0v) is 17.4. The molecule has 156 valence electrons. The molecule has 2 aliphatic rings. The van der Waals surface area contributed by atoms with Crippen molar-refractivity contribution < 1.29 is 14.4 Å². The molecule has 1 unspecified atom stereocenters. The summed E-state index contributed by atoms with van der Waals surface area (Å²) in [5.74, 6) is 0.0844. The van der Waals surface area contributed by atoms with Crippen LogP contribution in [0.1, 0.15) is 48.5 Å². The Morgan fingerprint density at radius 2 is 1.83 bits per heavy atom. The molecule has 3 amide bonds. The second-order valence-corrected chi connectivity index (χ2v) is 8.18.